The van der Waals surface area contributed by atoms with Crippen LogP contribution in [0.5, 0.6) is 0 Å². The van der Waals surface area contributed by atoms with Crippen LogP contribution in [0.1, 0.15) is 12.6 Å². The number of thiazole rings is 1. The molecule has 2 heterocycles. The Morgan fingerprint density at radius 1 is 1.65 bits per heavy atom. The number of nitrogens with zero attached hydrogens (tertiary/aromatic N) is 3. The molecule has 0 fully saturated rings. The summed E-state index contributed by atoms with van der Waals surface area (Å²) in [6.45, 7) is 2.78. The Labute approximate surface area is 110 Å². The third-order valence-electron chi connectivity index (χ3n) is 2.87. The van der Waals surface area contributed by atoms with Crippen molar-refractivity contribution in [1.82, 2.24) is 9.38 Å². The SMILES string of the molecule is COCC(C)N(C)c1nc2sccn2c1CCl. The van der Waals surface area contributed by atoms with Gasteiger partial charge in [-0.3, -0.25) is 4.40 Å². The van der Waals surface area contributed by atoms with Gasteiger partial charge in [0.25, 0.3) is 0 Å². The van der Waals surface area contributed by atoms with Crippen LogP contribution >= 0.6 is 22.9 Å². The highest BCUT2D eigenvalue weighted by Crippen LogP contribution is 2.26. The minimum atomic E-state index is 0.270. The van der Waals surface area contributed by atoms with E-state index in [2.05, 4.69) is 16.8 Å². The number of hydrogen-bond acceptors (Lipinski definition) is 4. The number of halogens is 1. The van der Waals surface area contributed by atoms with Crippen LogP contribution < -0.4 is 4.90 Å². The van der Waals surface area contributed by atoms with Gasteiger partial charge in [-0.1, -0.05) is 0 Å². The van der Waals surface area contributed by atoms with Crippen molar-refractivity contribution in [2.24, 2.45) is 0 Å². The number of imidazole rings is 1. The van der Waals surface area contributed by atoms with Crippen LogP contribution in [0.3, 0.4) is 0 Å². The van der Waals surface area contributed by atoms with Gasteiger partial charge in [0, 0.05) is 25.7 Å². The molecule has 0 aliphatic heterocycles. The standard InChI is InChI=1S/C11H16ClN3OS/c1-8(7-16-3)14(2)10-9(6-12)15-4-5-17-11(15)13-10/h4-5,8H,6-7H2,1-3H3. The number of likely N-dealkylation sites (N-methyl/N-ethyl adjacent to an activating group) is 1. The lowest BCUT2D eigenvalue weighted by atomic mass is 10.3. The second kappa shape index (κ2) is 5.25. The molecule has 0 radical (unpaired) electrons. The fourth-order valence-corrected chi connectivity index (χ4v) is 2.77. The zero-order valence-corrected chi connectivity index (χ0v) is 11.8. The van der Waals surface area contributed by atoms with E-state index in [1.807, 2.05) is 23.0 Å². The molecule has 1 unspecified atom stereocenters. The lowest BCUT2D eigenvalue weighted by Gasteiger charge is -2.25. The first kappa shape index (κ1) is 12.7. The van der Waals surface area contributed by atoms with Crippen molar-refractivity contribution >= 4 is 33.7 Å². The van der Waals surface area contributed by atoms with Gasteiger partial charge < -0.3 is 9.64 Å². The van der Waals surface area contributed by atoms with E-state index < -0.39 is 0 Å². The van der Waals surface area contributed by atoms with E-state index in [1.165, 1.54) is 0 Å². The van der Waals surface area contributed by atoms with Crippen LogP contribution in [0.2, 0.25) is 0 Å². The summed E-state index contributed by atoms with van der Waals surface area (Å²) in [7, 11) is 3.73. The molecule has 0 aliphatic rings. The zero-order chi connectivity index (χ0) is 12.4. The lowest BCUT2D eigenvalue weighted by molar-refractivity contribution is 0.183. The number of hydrogen-bond donors (Lipinski definition) is 0. The van der Waals surface area contributed by atoms with Gasteiger partial charge in [-0.15, -0.1) is 22.9 Å². The number of rotatable bonds is 5. The molecule has 94 valence electrons. The van der Waals surface area contributed by atoms with Crippen molar-refractivity contribution < 1.29 is 4.74 Å². The molecule has 0 saturated heterocycles. The maximum absolute atomic E-state index is 6.02. The number of fused-ring (bicyclic) bond motifs is 1. The topological polar surface area (TPSA) is 29.8 Å². The molecule has 0 spiro atoms. The number of aromatic nitrogens is 2. The first-order chi connectivity index (χ1) is 8.19. The third kappa shape index (κ3) is 2.27. The molecule has 0 aromatic carbocycles. The van der Waals surface area contributed by atoms with Gasteiger partial charge in [-0.25, -0.2) is 4.98 Å². The Morgan fingerprint density at radius 3 is 3.06 bits per heavy atom. The predicted molar refractivity (Wildman–Crippen MR) is 72.4 cm³/mol. The number of ether oxygens (including phenoxy) is 1. The van der Waals surface area contributed by atoms with Gasteiger partial charge in [-0.2, -0.15) is 0 Å². The minimum absolute atomic E-state index is 0.270. The van der Waals surface area contributed by atoms with Gasteiger partial charge in [0.05, 0.1) is 24.2 Å². The van der Waals surface area contributed by atoms with E-state index >= 15 is 0 Å². The molecule has 2 aromatic heterocycles. The van der Waals surface area contributed by atoms with E-state index in [-0.39, 0.29) is 6.04 Å². The monoisotopic (exact) mass is 273 g/mol. The molecular weight excluding hydrogens is 258 g/mol. The highest BCUT2D eigenvalue weighted by Gasteiger charge is 2.19. The summed E-state index contributed by atoms with van der Waals surface area (Å²) in [6.07, 6.45) is 2.00. The third-order valence-corrected chi connectivity index (χ3v) is 3.88. The van der Waals surface area contributed by atoms with Crippen molar-refractivity contribution in [2.45, 2.75) is 18.8 Å². The first-order valence-corrected chi connectivity index (χ1v) is 6.82. The molecule has 0 N–H and O–H groups in total. The Kier molecular flexibility index (Phi) is 3.91. The van der Waals surface area contributed by atoms with Crippen molar-refractivity contribution in [3.63, 3.8) is 0 Å². The summed E-state index contributed by atoms with van der Waals surface area (Å²) in [5.41, 5.74) is 1.04. The minimum Gasteiger partial charge on any atom is -0.383 e. The normalized spacial score (nSPS) is 13.2. The van der Waals surface area contributed by atoms with Crippen LogP contribution in [0.15, 0.2) is 11.6 Å². The Balaban J connectivity index is 2.36. The Hall–Kier alpha value is -0.780. The van der Waals surface area contributed by atoms with Crippen molar-refractivity contribution in [2.75, 3.05) is 25.7 Å². The van der Waals surface area contributed by atoms with Crippen molar-refractivity contribution in [3.8, 4) is 0 Å². The molecule has 4 nitrogen and oxygen atoms in total. The second-order valence-corrected chi connectivity index (χ2v) is 5.13. The van der Waals surface area contributed by atoms with Crippen molar-refractivity contribution in [1.29, 1.82) is 0 Å². The van der Waals surface area contributed by atoms with Gasteiger partial charge >= 0.3 is 0 Å². The molecule has 1 atom stereocenters. The molecule has 0 aliphatic carbocycles. The van der Waals surface area contributed by atoms with E-state index in [4.69, 9.17) is 16.3 Å². The van der Waals surface area contributed by atoms with E-state index in [1.54, 1.807) is 18.4 Å². The van der Waals surface area contributed by atoms with Crippen molar-refractivity contribution in [3.05, 3.63) is 17.3 Å². The predicted octanol–water partition coefficient (Wildman–Crippen LogP) is 2.61. The molecule has 6 heteroatoms. The average molecular weight is 274 g/mol. The summed E-state index contributed by atoms with van der Waals surface area (Å²) in [6, 6.07) is 0.270. The molecule has 2 rings (SSSR count). The largest absolute Gasteiger partial charge is 0.383 e. The zero-order valence-electron chi connectivity index (χ0n) is 10.2. The fourth-order valence-electron chi connectivity index (χ4n) is 1.79. The Morgan fingerprint density at radius 2 is 2.41 bits per heavy atom. The van der Waals surface area contributed by atoms with E-state index in [0.29, 0.717) is 12.5 Å². The summed E-state index contributed by atoms with van der Waals surface area (Å²) >= 11 is 7.64. The number of alkyl halides is 1. The number of anilines is 1. The van der Waals surface area contributed by atoms with E-state index in [9.17, 15) is 0 Å². The average Bonchev–Trinajstić information content (AvgIpc) is 2.87. The lowest BCUT2D eigenvalue weighted by Crippen LogP contribution is -2.33. The van der Waals surface area contributed by atoms with Crippen LogP contribution in [0, 0.1) is 0 Å². The van der Waals surface area contributed by atoms with E-state index in [0.717, 1.165) is 16.5 Å². The van der Waals surface area contributed by atoms with Crippen LogP contribution in [0.4, 0.5) is 5.82 Å². The van der Waals surface area contributed by atoms with Gasteiger partial charge in [0.2, 0.25) is 0 Å². The van der Waals surface area contributed by atoms with Crippen LogP contribution in [-0.2, 0) is 10.6 Å². The maximum atomic E-state index is 6.02. The first-order valence-electron chi connectivity index (χ1n) is 5.41. The smallest absolute Gasteiger partial charge is 0.195 e. The molecule has 0 amide bonds. The highest BCUT2D eigenvalue weighted by molar-refractivity contribution is 7.15. The summed E-state index contributed by atoms with van der Waals surface area (Å²) in [4.78, 5) is 7.71. The van der Waals surface area contributed by atoms with Gasteiger partial charge in [-0.05, 0) is 6.92 Å². The highest BCUT2D eigenvalue weighted by atomic mass is 35.5. The van der Waals surface area contributed by atoms with Gasteiger partial charge in [0.1, 0.15) is 0 Å². The molecule has 17 heavy (non-hydrogen) atoms. The molecule has 2 aromatic rings. The second-order valence-electron chi connectivity index (χ2n) is 3.99. The summed E-state index contributed by atoms with van der Waals surface area (Å²) in [5, 5.41) is 2.01. The van der Waals surface area contributed by atoms with Gasteiger partial charge in [0.15, 0.2) is 10.8 Å². The van der Waals surface area contributed by atoms with Crippen LogP contribution in [-0.4, -0.2) is 36.2 Å². The summed E-state index contributed by atoms with van der Waals surface area (Å²) < 4.78 is 7.21. The maximum Gasteiger partial charge on any atom is 0.195 e. The Bertz CT molecular complexity index is 496. The molecule has 0 saturated carbocycles. The van der Waals surface area contributed by atoms with Crippen LogP contribution in [0.25, 0.3) is 4.96 Å². The number of methoxy groups -OCH3 is 1. The molecular formula is C11H16ClN3OS. The summed E-state index contributed by atoms with van der Waals surface area (Å²) in [5.74, 6) is 1.40. The molecule has 0 bridgehead atoms. The quantitative estimate of drug-likeness (QED) is 0.785. The fraction of sp³-hybridized carbons (Fsp3) is 0.545.